The molecule has 1 aliphatic rings. The van der Waals surface area contributed by atoms with E-state index < -0.39 is 0 Å². The Bertz CT molecular complexity index is 386. The van der Waals surface area contributed by atoms with Crippen LogP contribution in [-0.4, -0.2) is 9.97 Å². The normalized spacial score (nSPS) is 17.3. The first kappa shape index (κ1) is 12.8. The maximum atomic E-state index is 5.96. The van der Waals surface area contributed by atoms with Crippen molar-refractivity contribution in [1.82, 2.24) is 9.97 Å². The third-order valence-corrected chi connectivity index (χ3v) is 4.28. The summed E-state index contributed by atoms with van der Waals surface area (Å²) >= 11 is 3.49. The molecule has 0 spiro atoms. The zero-order chi connectivity index (χ0) is 12.3. The van der Waals surface area contributed by atoms with Crippen molar-refractivity contribution in [1.29, 1.82) is 0 Å². The number of rotatable bonds is 3. The molecule has 1 heterocycles. The second-order valence-corrected chi connectivity index (χ2v) is 5.61. The first-order valence-corrected chi connectivity index (χ1v) is 7.33. The second kappa shape index (κ2) is 5.80. The van der Waals surface area contributed by atoms with Crippen LogP contribution in [0.1, 0.15) is 62.9 Å². The molecule has 94 valence electrons. The van der Waals surface area contributed by atoms with Crippen LogP contribution in [0.4, 0.5) is 5.82 Å². The first-order valence-electron chi connectivity index (χ1n) is 6.54. The van der Waals surface area contributed by atoms with Crippen molar-refractivity contribution in [2.24, 2.45) is 0 Å². The second-order valence-electron chi connectivity index (χ2n) is 4.81. The fourth-order valence-electron chi connectivity index (χ4n) is 2.48. The zero-order valence-electron chi connectivity index (χ0n) is 10.4. The van der Waals surface area contributed by atoms with E-state index in [1.54, 1.807) is 0 Å². The van der Waals surface area contributed by atoms with E-state index in [1.165, 1.54) is 32.1 Å². The summed E-state index contributed by atoms with van der Waals surface area (Å²) in [6.45, 7) is 2.16. The molecule has 0 unspecified atom stereocenters. The maximum absolute atomic E-state index is 5.96. The van der Waals surface area contributed by atoms with E-state index in [0.717, 1.165) is 28.8 Å². The Morgan fingerprint density at radius 1 is 1.24 bits per heavy atom. The van der Waals surface area contributed by atoms with Crippen molar-refractivity contribution in [2.45, 2.75) is 57.8 Å². The molecule has 0 aromatic carbocycles. The molecule has 0 aliphatic heterocycles. The molecule has 0 atom stereocenters. The molecule has 3 nitrogen and oxygen atoms in total. The van der Waals surface area contributed by atoms with Gasteiger partial charge in [0.25, 0.3) is 0 Å². The highest BCUT2D eigenvalue weighted by atomic mass is 79.9. The van der Waals surface area contributed by atoms with E-state index in [0.29, 0.717) is 11.7 Å². The molecule has 1 aromatic rings. The van der Waals surface area contributed by atoms with Gasteiger partial charge in [-0.25, -0.2) is 9.97 Å². The smallest absolute Gasteiger partial charge is 0.141 e. The third kappa shape index (κ3) is 2.97. The summed E-state index contributed by atoms with van der Waals surface area (Å²) in [6, 6.07) is 0. The van der Waals surface area contributed by atoms with E-state index in [1.807, 2.05) is 0 Å². The van der Waals surface area contributed by atoms with Gasteiger partial charge in [-0.05, 0) is 35.2 Å². The fourth-order valence-corrected chi connectivity index (χ4v) is 2.85. The van der Waals surface area contributed by atoms with E-state index in [-0.39, 0.29) is 0 Å². The third-order valence-electron chi connectivity index (χ3n) is 3.42. The number of nitrogens with zero attached hydrogens (tertiary/aromatic N) is 2. The summed E-state index contributed by atoms with van der Waals surface area (Å²) in [7, 11) is 0. The molecule has 0 saturated heterocycles. The van der Waals surface area contributed by atoms with Gasteiger partial charge < -0.3 is 5.73 Å². The molecule has 1 saturated carbocycles. The molecule has 17 heavy (non-hydrogen) atoms. The minimum absolute atomic E-state index is 0.523. The lowest BCUT2D eigenvalue weighted by Crippen LogP contribution is -2.12. The lowest BCUT2D eigenvalue weighted by atomic mass is 9.88. The first-order chi connectivity index (χ1) is 8.22. The van der Waals surface area contributed by atoms with Crippen LogP contribution >= 0.6 is 15.9 Å². The van der Waals surface area contributed by atoms with Crippen molar-refractivity contribution in [2.75, 3.05) is 5.73 Å². The van der Waals surface area contributed by atoms with Crippen LogP contribution < -0.4 is 5.73 Å². The Morgan fingerprint density at radius 2 is 1.94 bits per heavy atom. The predicted octanol–water partition coefficient (Wildman–Crippen LogP) is 3.82. The van der Waals surface area contributed by atoms with Crippen LogP contribution in [0.25, 0.3) is 0 Å². The van der Waals surface area contributed by atoms with E-state index >= 15 is 0 Å². The van der Waals surface area contributed by atoms with Gasteiger partial charge in [0.05, 0.1) is 10.2 Å². The van der Waals surface area contributed by atoms with Crippen LogP contribution in [0, 0.1) is 0 Å². The van der Waals surface area contributed by atoms with E-state index in [9.17, 15) is 0 Å². The standard InChI is InChI=1S/C13H20BrN3/c1-2-6-10-11(14)12(15)17-13(16-10)9-7-4-3-5-8-9/h9H,2-8H2,1H3,(H2,15,16,17). The van der Waals surface area contributed by atoms with E-state index in [4.69, 9.17) is 10.7 Å². The number of hydrogen-bond acceptors (Lipinski definition) is 3. The van der Waals surface area contributed by atoms with Crippen molar-refractivity contribution >= 4 is 21.7 Å². The average molecular weight is 298 g/mol. The Labute approximate surface area is 111 Å². The largest absolute Gasteiger partial charge is 0.383 e. The van der Waals surface area contributed by atoms with E-state index in [2.05, 4.69) is 27.8 Å². The summed E-state index contributed by atoms with van der Waals surface area (Å²) in [5.41, 5.74) is 7.03. The van der Waals surface area contributed by atoms with Gasteiger partial charge in [0.15, 0.2) is 0 Å². The summed E-state index contributed by atoms with van der Waals surface area (Å²) in [4.78, 5) is 9.17. The lowest BCUT2D eigenvalue weighted by Gasteiger charge is -2.21. The van der Waals surface area contributed by atoms with Crippen LogP contribution in [0.2, 0.25) is 0 Å². The Kier molecular flexibility index (Phi) is 4.37. The van der Waals surface area contributed by atoms with Crippen molar-refractivity contribution in [3.8, 4) is 0 Å². The molecule has 2 rings (SSSR count). The topological polar surface area (TPSA) is 51.8 Å². The molecule has 1 aliphatic carbocycles. The number of halogens is 1. The highest BCUT2D eigenvalue weighted by molar-refractivity contribution is 9.10. The minimum atomic E-state index is 0.523. The monoisotopic (exact) mass is 297 g/mol. The van der Waals surface area contributed by atoms with Gasteiger partial charge in [0.2, 0.25) is 0 Å². The number of aromatic nitrogens is 2. The highest BCUT2D eigenvalue weighted by Gasteiger charge is 2.20. The van der Waals surface area contributed by atoms with Crippen molar-refractivity contribution in [3.05, 3.63) is 16.0 Å². The van der Waals surface area contributed by atoms with Gasteiger partial charge in [0, 0.05) is 5.92 Å². The zero-order valence-corrected chi connectivity index (χ0v) is 12.0. The van der Waals surface area contributed by atoms with Gasteiger partial charge in [-0.2, -0.15) is 0 Å². The molecular weight excluding hydrogens is 278 g/mol. The minimum Gasteiger partial charge on any atom is -0.383 e. The highest BCUT2D eigenvalue weighted by Crippen LogP contribution is 2.33. The van der Waals surface area contributed by atoms with Crippen LogP contribution in [0.15, 0.2) is 4.47 Å². The van der Waals surface area contributed by atoms with Crippen LogP contribution in [-0.2, 0) is 6.42 Å². The molecule has 0 bridgehead atoms. The molecule has 1 aromatic heterocycles. The van der Waals surface area contributed by atoms with Gasteiger partial charge in [-0.15, -0.1) is 0 Å². The van der Waals surface area contributed by atoms with Crippen molar-refractivity contribution < 1.29 is 0 Å². The summed E-state index contributed by atoms with van der Waals surface area (Å²) in [6.07, 6.45) is 8.43. The van der Waals surface area contributed by atoms with Gasteiger partial charge in [-0.3, -0.25) is 0 Å². The molecule has 1 fully saturated rings. The summed E-state index contributed by atoms with van der Waals surface area (Å²) in [5, 5.41) is 0. The quantitative estimate of drug-likeness (QED) is 0.923. The maximum Gasteiger partial charge on any atom is 0.141 e. The van der Waals surface area contributed by atoms with Crippen molar-refractivity contribution in [3.63, 3.8) is 0 Å². The van der Waals surface area contributed by atoms with Gasteiger partial charge in [-0.1, -0.05) is 32.6 Å². The number of nitrogen functional groups attached to an aromatic ring is 1. The summed E-state index contributed by atoms with van der Waals surface area (Å²) in [5.74, 6) is 2.09. The Morgan fingerprint density at radius 3 is 2.59 bits per heavy atom. The van der Waals surface area contributed by atoms with Gasteiger partial charge in [0.1, 0.15) is 11.6 Å². The average Bonchev–Trinajstić information content (AvgIpc) is 2.36. The molecule has 2 N–H and O–H groups in total. The van der Waals surface area contributed by atoms with Crippen LogP contribution in [0.5, 0.6) is 0 Å². The Balaban J connectivity index is 2.27. The summed E-state index contributed by atoms with van der Waals surface area (Å²) < 4.78 is 0.888. The molecule has 0 amide bonds. The number of hydrogen-bond donors (Lipinski definition) is 1. The molecule has 4 heteroatoms. The van der Waals surface area contributed by atoms with Crippen LogP contribution in [0.3, 0.4) is 0 Å². The SMILES string of the molecule is CCCc1nc(C2CCCCC2)nc(N)c1Br. The number of anilines is 1. The lowest BCUT2D eigenvalue weighted by molar-refractivity contribution is 0.427. The molecular formula is C13H20BrN3. The fraction of sp³-hybridized carbons (Fsp3) is 0.692. The van der Waals surface area contributed by atoms with Gasteiger partial charge >= 0.3 is 0 Å². The number of aryl methyl sites for hydroxylation is 1. The number of nitrogens with two attached hydrogens (primary N) is 1. The molecule has 0 radical (unpaired) electrons. The Hall–Kier alpha value is -0.640. The predicted molar refractivity (Wildman–Crippen MR) is 74.0 cm³/mol.